The summed E-state index contributed by atoms with van der Waals surface area (Å²) in [4.78, 5) is 4.77. The van der Waals surface area contributed by atoms with Crippen LogP contribution >= 0.6 is 0 Å². The van der Waals surface area contributed by atoms with Gasteiger partial charge in [-0.2, -0.15) is 0 Å². The van der Waals surface area contributed by atoms with E-state index < -0.39 is 0 Å². The van der Waals surface area contributed by atoms with Gasteiger partial charge >= 0.3 is 0 Å². The fourth-order valence-corrected chi connectivity index (χ4v) is 1.23. The summed E-state index contributed by atoms with van der Waals surface area (Å²) in [7, 11) is 3.20. The number of nitrogens with zero attached hydrogens (tertiary/aromatic N) is 1. The Morgan fingerprint density at radius 2 is 2.14 bits per heavy atom. The number of ether oxygens (including phenoxy) is 1. The van der Waals surface area contributed by atoms with Crippen LogP contribution in [0.5, 0.6) is 5.75 Å². The lowest BCUT2D eigenvalue weighted by Gasteiger charge is -2.05. The van der Waals surface area contributed by atoms with E-state index in [4.69, 9.17) is 9.57 Å². The van der Waals surface area contributed by atoms with Crippen LogP contribution in [0.1, 0.15) is 18.9 Å². The lowest BCUT2D eigenvalue weighted by Crippen LogP contribution is -1.99. The molecule has 0 N–H and O–H groups in total. The smallest absolute Gasteiger partial charge is 0.119 e. The van der Waals surface area contributed by atoms with Crippen LogP contribution < -0.4 is 4.74 Å². The summed E-state index contributed by atoms with van der Waals surface area (Å²) < 4.78 is 5.13. The number of hydrogen-bond acceptors (Lipinski definition) is 3. The third-order valence-electron chi connectivity index (χ3n) is 1.94. The molecule has 0 spiro atoms. The quantitative estimate of drug-likeness (QED) is 0.543. The highest BCUT2D eigenvalue weighted by molar-refractivity contribution is 6.00. The number of benzene rings is 1. The fourth-order valence-electron chi connectivity index (χ4n) is 1.23. The van der Waals surface area contributed by atoms with Crippen molar-refractivity contribution in [3.05, 3.63) is 29.8 Å². The lowest BCUT2D eigenvalue weighted by molar-refractivity contribution is 0.213. The Hall–Kier alpha value is -1.51. The molecule has 0 unspecified atom stereocenters. The third-order valence-corrected chi connectivity index (χ3v) is 1.94. The van der Waals surface area contributed by atoms with Crippen molar-refractivity contribution in [1.82, 2.24) is 0 Å². The van der Waals surface area contributed by atoms with Crippen LogP contribution in [0.2, 0.25) is 0 Å². The summed E-state index contributed by atoms with van der Waals surface area (Å²) in [6.45, 7) is 2.04. The van der Waals surface area contributed by atoms with Crippen molar-refractivity contribution in [3.8, 4) is 5.75 Å². The van der Waals surface area contributed by atoms with E-state index in [0.717, 1.165) is 23.4 Å². The standard InChI is InChI=1S/C11H15NO2/c1-4-11(12-14-3)9-6-5-7-10(8-9)13-2/h5-8H,4H2,1-3H3/b12-11-. The van der Waals surface area contributed by atoms with E-state index in [-0.39, 0.29) is 0 Å². The zero-order chi connectivity index (χ0) is 10.4. The third kappa shape index (κ3) is 2.49. The molecule has 1 aromatic carbocycles. The van der Waals surface area contributed by atoms with Gasteiger partial charge in [0.05, 0.1) is 12.8 Å². The number of oxime groups is 1. The highest BCUT2D eigenvalue weighted by Crippen LogP contribution is 2.14. The number of rotatable bonds is 4. The number of methoxy groups -OCH3 is 1. The summed E-state index contributed by atoms with van der Waals surface area (Å²) in [5.74, 6) is 0.833. The Bertz CT molecular complexity index is 321. The maximum Gasteiger partial charge on any atom is 0.119 e. The molecule has 0 saturated carbocycles. The molecule has 14 heavy (non-hydrogen) atoms. The van der Waals surface area contributed by atoms with E-state index in [1.54, 1.807) is 14.2 Å². The van der Waals surface area contributed by atoms with Crippen molar-refractivity contribution in [2.45, 2.75) is 13.3 Å². The van der Waals surface area contributed by atoms with E-state index >= 15 is 0 Å². The Kier molecular flexibility index (Phi) is 3.98. The van der Waals surface area contributed by atoms with Crippen LogP contribution in [0.25, 0.3) is 0 Å². The highest BCUT2D eigenvalue weighted by atomic mass is 16.6. The van der Waals surface area contributed by atoms with Gasteiger partial charge in [0.25, 0.3) is 0 Å². The monoisotopic (exact) mass is 193 g/mol. The van der Waals surface area contributed by atoms with Gasteiger partial charge in [0, 0.05) is 5.56 Å². The minimum Gasteiger partial charge on any atom is -0.497 e. The van der Waals surface area contributed by atoms with Crippen molar-refractivity contribution >= 4 is 5.71 Å². The molecule has 0 aliphatic rings. The van der Waals surface area contributed by atoms with Gasteiger partial charge in [-0.05, 0) is 18.6 Å². The van der Waals surface area contributed by atoms with E-state index in [1.165, 1.54) is 0 Å². The van der Waals surface area contributed by atoms with Crippen molar-refractivity contribution in [2.24, 2.45) is 5.16 Å². The SMILES string of the molecule is CC/C(=N/OC)c1cccc(OC)c1. The largest absolute Gasteiger partial charge is 0.497 e. The van der Waals surface area contributed by atoms with Gasteiger partial charge in [-0.1, -0.05) is 24.2 Å². The zero-order valence-electron chi connectivity index (χ0n) is 8.78. The molecular formula is C11H15NO2. The molecule has 0 fully saturated rings. The minimum atomic E-state index is 0.833. The van der Waals surface area contributed by atoms with Crippen LogP contribution in [-0.4, -0.2) is 19.9 Å². The molecule has 0 amide bonds. The molecule has 76 valence electrons. The Balaban J connectivity index is 2.98. The molecule has 0 aliphatic carbocycles. The van der Waals surface area contributed by atoms with Gasteiger partial charge in [0.1, 0.15) is 12.9 Å². The van der Waals surface area contributed by atoms with Crippen LogP contribution in [0.3, 0.4) is 0 Å². The predicted octanol–water partition coefficient (Wildman–Crippen LogP) is 2.46. The van der Waals surface area contributed by atoms with E-state index in [0.29, 0.717) is 0 Å². The Morgan fingerprint density at radius 3 is 2.71 bits per heavy atom. The summed E-state index contributed by atoms with van der Waals surface area (Å²) in [5, 5.41) is 3.95. The molecule has 0 saturated heterocycles. The van der Waals surface area contributed by atoms with Gasteiger partial charge < -0.3 is 9.57 Å². The maximum atomic E-state index is 5.13. The van der Waals surface area contributed by atoms with Crippen molar-refractivity contribution < 1.29 is 9.57 Å². The summed E-state index contributed by atoms with van der Waals surface area (Å²) in [5.41, 5.74) is 1.96. The summed E-state index contributed by atoms with van der Waals surface area (Å²) in [6, 6.07) is 7.78. The highest BCUT2D eigenvalue weighted by Gasteiger charge is 2.02. The minimum absolute atomic E-state index is 0.833. The summed E-state index contributed by atoms with van der Waals surface area (Å²) >= 11 is 0. The van der Waals surface area contributed by atoms with Crippen molar-refractivity contribution in [1.29, 1.82) is 0 Å². The Labute approximate surface area is 84.3 Å². The molecule has 0 aliphatic heterocycles. The summed E-state index contributed by atoms with van der Waals surface area (Å²) in [6.07, 6.45) is 0.834. The second-order valence-corrected chi connectivity index (χ2v) is 2.81. The predicted molar refractivity (Wildman–Crippen MR) is 56.8 cm³/mol. The fraction of sp³-hybridized carbons (Fsp3) is 0.364. The Morgan fingerprint density at radius 1 is 1.36 bits per heavy atom. The lowest BCUT2D eigenvalue weighted by atomic mass is 10.1. The molecule has 1 aromatic rings. The van der Waals surface area contributed by atoms with Gasteiger partial charge in [0.15, 0.2) is 0 Å². The van der Waals surface area contributed by atoms with Crippen molar-refractivity contribution in [3.63, 3.8) is 0 Å². The van der Waals surface area contributed by atoms with E-state index in [1.807, 2.05) is 31.2 Å². The number of hydrogen-bond donors (Lipinski definition) is 0. The molecule has 0 aromatic heterocycles. The average Bonchev–Trinajstić information content (AvgIpc) is 2.26. The first-order valence-corrected chi connectivity index (χ1v) is 4.56. The van der Waals surface area contributed by atoms with Gasteiger partial charge in [0.2, 0.25) is 0 Å². The molecule has 0 bridgehead atoms. The second kappa shape index (κ2) is 5.27. The van der Waals surface area contributed by atoms with Gasteiger partial charge in [-0.15, -0.1) is 0 Å². The van der Waals surface area contributed by atoms with Crippen molar-refractivity contribution in [2.75, 3.05) is 14.2 Å². The van der Waals surface area contributed by atoms with Crippen LogP contribution in [0, 0.1) is 0 Å². The molecule has 3 nitrogen and oxygen atoms in total. The van der Waals surface area contributed by atoms with E-state index in [2.05, 4.69) is 5.16 Å². The molecule has 1 rings (SSSR count). The molecule has 0 atom stereocenters. The maximum absolute atomic E-state index is 5.13. The molecule has 0 radical (unpaired) electrons. The first-order valence-electron chi connectivity index (χ1n) is 4.56. The molecule has 0 heterocycles. The van der Waals surface area contributed by atoms with E-state index in [9.17, 15) is 0 Å². The van der Waals surface area contributed by atoms with Gasteiger partial charge in [-0.3, -0.25) is 0 Å². The van der Waals surface area contributed by atoms with Crippen LogP contribution in [0.15, 0.2) is 29.4 Å². The molecular weight excluding hydrogens is 178 g/mol. The zero-order valence-corrected chi connectivity index (χ0v) is 8.78. The first kappa shape index (κ1) is 10.6. The average molecular weight is 193 g/mol. The normalized spacial score (nSPS) is 11.2. The first-order chi connectivity index (χ1) is 6.81. The van der Waals surface area contributed by atoms with Crippen LogP contribution in [-0.2, 0) is 4.84 Å². The van der Waals surface area contributed by atoms with Gasteiger partial charge in [-0.25, -0.2) is 0 Å². The van der Waals surface area contributed by atoms with Crippen LogP contribution in [0.4, 0.5) is 0 Å². The second-order valence-electron chi connectivity index (χ2n) is 2.81. The topological polar surface area (TPSA) is 30.8 Å². The molecule has 3 heteroatoms.